The summed E-state index contributed by atoms with van der Waals surface area (Å²) >= 11 is 16.9. The van der Waals surface area contributed by atoms with Crippen molar-refractivity contribution in [2.75, 3.05) is 6.61 Å². The standard InChI is InChI=1S/C37H36F3NO4S.C21H20F3NO6S.BCl3/c1-3-30-24(2)34(43-22-25-11-6-4-7-12-25)36(44-23-26-13-8-5-9-14-26)35(45-30)27-16-17-29(37(38,39)40)28(19-27)20-33-41-21-32(46-33)31-15-10-18-42-31;22-21(23,24)12-4-3-10(20-19(29)18(28)17(27)14(9-26)31-20)6-11(12)7-16-25-8-15(32-16)13-2-1-5-30-13;2-1(3)4/h4-19,21,24,30,34-36H,3,20,22-23H2,1-2H3;1-6,8,14,17-20,26-29H,7,9H2;/t24-,30-,34+,35+,36-;14-,17-,18+,19-,20+;/m11./s1. The van der Waals surface area contributed by atoms with Gasteiger partial charge in [-0.05, 0) is 76.2 Å². The van der Waals surface area contributed by atoms with Crippen LogP contribution in [0.4, 0.5) is 26.3 Å². The van der Waals surface area contributed by atoms with E-state index in [9.17, 15) is 46.8 Å². The smallest absolute Gasteiger partial charge is 0.450 e. The second kappa shape index (κ2) is 28.7. The molecule has 82 heavy (non-hydrogen) atoms. The summed E-state index contributed by atoms with van der Waals surface area (Å²) in [4.78, 5) is 9.30. The number of aliphatic hydroxyl groups is 4. The Morgan fingerprint density at radius 1 is 0.585 bits per heavy atom. The number of aliphatic hydroxyl groups excluding tert-OH is 4. The molecule has 2 aliphatic heterocycles. The molecule has 0 spiro atoms. The summed E-state index contributed by atoms with van der Waals surface area (Å²) in [6.07, 6.45) is -11.3. The van der Waals surface area contributed by atoms with Crippen LogP contribution in [-0.4, -0.2) is 84.7 Å². The predicted octanol–water partition coefficient (Wildman–Crippen LogP) is 13.9. The molecule has 436 valence electrons. The van der Waals surface area contributed by atoms with Crippen molar-refractivity contribution in [2.24, 2.45) is 5.92 Å². The Balaban J connectivity index is 0.000000213. The van der Waals surface area contributed by atoms with Gasteiger partial charge in [0.1, 0.15) is 54.2 Å². The minimum absolute atomic E-state index is 0.0118. The quantitative estimate of drug-likeness (QED) is 0.0534. The fourth-order valence-corrected chi connectivity index (χ4v) is 11.6. The number of rotatable bonds is 16. The first kappa shape index (κ1) is 62.9. The molecule has 10 rings (SSSR count). The molecule has 2 aliphatic rings. The third-order valence-corrected chi connectivity index (χ3v) is 15.8. The minimum Gasteiger partial charge on any atom is -0.463 e. The zero-order chi connectivity index (χ0) is 58.7. The van der Waals surface area contributed by atoms with Crippen molar-refractivity contribution < 1.29 is 74.6 Å². The van der Waals surface area contributed by atoms with Gasteiger partial charge in [-0.1, -0.05) is 98.8 Å². The van der Waals surface area contributed by atoms with Crippen molar-refractivity contribution in [1.29, 1.82) is 0 Å². The molecule has 2 fully saturated rings. The lowest BCUT2D eigenvalue weighted by Crippen LogP contribution is -2.55. The number of alkyl halides is 6. The molecule has 4 aromatic carbocycles. The highest BCUT2D eigenvalue weighted by Gasteiger charge is 2.47. The lowest BCUT2D eigenvalue weighted by Gasteiger charge is -2.46. The molecule has 2 saturated heterocycles. The zero-order valence-corrected chi connectivity index (χ0v) is 47.7. The average Bonchev–Trinajstić information content (AvgIpc) is 4.23. The molecule has 0 radical (unpaired) electrons. The Bertz CT molecular complexity index is 3210. The fraction of sp³-hybridized carbons (Fsp3) is 0.345. The monoisotopic (exact) mass is 1230 g/mol. The van der Waals surface area contributed by atoms with Crippen LogP contribution in [0.25, 0.3) is 21.3 Å². The topological polar surface area (TPSA) is 170 Å². The van der Waals surface area contributed by atoms with Gasteiger partial charge in [0, 0.05) is 31.2 Å². The highest BCUT2D eigenvalue weighted by atomic mass is 35.6. The third kappa shape index (κ3) is 16.2. The van der Waals surface area contributed by atoms with Crippen LogP contribution in [0.15, 0.2) is 155 Å². The minimum atomic E-state index is -4.62. The summed E-state index contributed by atoms with van der Waals surface area (Å²) in [6, 6.07) is 34.3. The van der Waals surface area contributed by atoms with Gasteiger partial charge < -0.3 is 48.2 Å². The van der Waals surface area contributed by atoms with Gasteiger partial charge in [-0.3, -0.25) is 0 Å². The number of aromatic nitrogens is 2. The van der Waals surface area contributed by atoms with Gasteiger partial charge in [0.05, 0.1) is 75.5 Å². The van der Waals surface area contributed by atoms with E-state index in [-0.39, 0.29) is 47.7 Å². The predicted molar refractivity (Wildman–Crippen MR) is 301 cm³/mol. The van der Waals surface area contributed by atoms with Gasteiger partial charge >= 0.3 is 17.3 Å². The molecular formula is C58H56BCl3F6N2O10S2. The second-order valence-electron chi connectivity index (χ2n) is 19.3. The SMILES string of the molecule is CC[C@H]1O[C@@H](c2ccc(C(F)(F)F)c(Cc3ncc(-c4ccco4)s3)c2)[C@H](OCc2ccccc2)[C@@H](OCc2ccccc2)[C@@H]1C.ClB(Cl)Cl.OC[C@H]1O[C@@H](c2ccc(C(F)(F)F)c(Cc3ncc(-c4ccco4)s3)c2)[C@H](O)[C@@H](O)[C@@H]1O. The number of hydrogen-bond donors (Lipinski definition) is 4. The van der Waals surface area contributed by atoms with Gasteiger partial charge in [0.2, 0.25) is 0 Å². The lowest BCUT2D eigenvalue weighted by molar-refractivity contribution is -0.234. The Morgan fingerprint density at radius 3 is 1.46 bits per heavy atom. The lowest BCUT2D eigenvalue weighted by atomic mass is 9.83. The van der Waals surface area contributed by atoms with Crippen molar-refractivity contribution >= 4 is 62.0 Å². The van der Waals surface area contributed by atoms with Crippen LogP contribution in [0.2, 0.25) is 0 Å². The molecule has 4 aromatic heterocycles. The number of ether oxygens (including phenoxy) is 4. The van der Waals surface area contributed by atoms with E-state index in [0.29, 0.717) is 45.2 Å². The van der Waals surface area contributed by atoms with Gasteiger partial charge in [-0.15, -0.1) is 22.7 Å². The summed E-state index contributed by atoms with van der Waals surface area (Å²) in [7, 11) is 0. The van der Waals surface area contributed by atoms with Gasteiger partial charge in [-0.25, -0.2) is 9.97 Å². The highest BCUT2D eigenvalue weighted by molar-refractivity contribution is 7.54. The Labute approximate surface area is 492 Å². The third-order valence-electron chi connectivity index (χ3n) is 13.8. The molecule has 4 N–H and O–H groups in total. The van der Waals surface area contributed by atoms with E-state index < -0.39 is 77.8 Å². The zero-order valence-electron chi connectivity index (χ0n) is 43.8. The van der Waals surface area contributed by atoms with E-state index in [1.807, 2.05) is 60.7 Å². The Kier molecular flexibility index (Phi) is 22.0. The molecule has 0 amide bonds. The Hall–Kier alpha value is -5.11. The van der Waals surface area contributed by atoms with Crippen LogP contribution in [0, 0.1) is 5.92 Å². The number of nitrogens with zero attached hydrogens (tertiary/aromatic N) is 2. The van der Waals surface area contributed by atoms with E-state index in [1.54, 1.807) is 42.8 Å². The molecule has 8 aromatic rings. The normalized spacial score (nSPS) is 22.9. The van der Waals surface area contributed by atoms with Crippen LogP contribution in [0.3, 0.4) is 0 Å². The fourth-order valence-electron chi connectivity index (χ4n) is 9.75. The van der Waals surface area contributed by atoms with Gasteiger partial charge in [0.25, 0.3) is 0 Å². The number of halogens is 9. The first-order valence-electron chi connectivity index (χ1n) is 25.8. The van der Waals surface area contributed by atoms with Crippen molar-refractivity contribution in [3.8, 4) is 21.3 Å². The molecule has 0 unspecified atom stereocenters. The molecular weight excluding hydrogens is 1180 g/mol. The summed E-state index contributed by atoms with van der Waals surface area (Å²) in [5, 5.41) is 40.7. The van der Waals surface area contributed by atoms with Crippen molar-refractivity contribution in [3.05, 3.63) is 201 Å². The molecule has 24 heteroatoms. The van der Waals surface area contributed by atoms with Crippen LogP contribution in [0.1, 0.15) is 87.0 Å². The number of hydrogen-bond acceptors (Lipinski definition) is 14. The molecule has 12 nitrogen and oxygen atoms in total. The number of furan rings is 2. The van der Waals surface area contributed by atoms with E-state index in [4.69, 9.17) is 62.2 Å². The average molecular weight is 1240 g/mol. The van der Waals surface area contributed by atoms with Gasteiger partial charge in [-0.2, -0.15) is 60.7 Å². The molecule has 0 saturated carbocycles. The maximum absolute atomic E-state index is 14.3. The maximum atomic E-state index is 14.3. The Morgan fingerprint density at radius 2 is 1.04 bits per heavy atom. The summed E-state index contributed by atoms with van der Waals surface area (Å²) in [5.41, 5.74) is 1.28. The van der Waals surface area contributed by atoms with E-state index >= 15 is 0 Å². The second-order valence-corrected chi connectivity index (χ2v) is 23.5. The van der Waals surface area contributed by atoms with Crippen LogP contribution in [0.5, 0.6) is 0 Å². The van der Waals surface area contributed by atoms with E-state index in [0.717, 1.165) is 40.6 Å². The number of benzene rings is 4. The highest BCUT2D eigenvalue weighted by Crippen LogP contribution is 2.44. The summed E-state index contributed by atoms with van der Waals surface area (Å²) < 4.78 is 120. The van der Waals surface area contributed by atoms with Crippen LogP contribution in [-0.2, 0) is 57.4 Å². The van der Waals surface area contributed by atoms with Gasteiger partial charge in [0.15, 0.2) is 0 Å². The van der Waals surface area contributed by atoms with Crippen molar-refractivity contribution in [2.45, 2.75) is 114 Å². The molecule has 0 bridgehead atoms. The largest absolute Gasteiger partial charge is 0.463 e. The first-order chi connectivity index (χ1) is 39.2. The molecule has 10 atom stereocenters. The first-order valence-corrected chi connectivity index (χ1v) is 28.7. The van der Waals surface area contributed by atoms with Crippen molar-refractivity contribution in [3.63, 3.8) is 0 Å². The molecule has 0 aliphatic carbocycles. The summed E-state index contributed by atoms with van der Waals surface area (Å²) in [5.74, 6) is 1.17. The summed E-state index contributed by atoms with van der Waals surface area (Å²) in [6.45, 7) is 4.20. The van der Waals surface area contributed by atoms with E-state index in [2.05, 4.69) is 23.8 Å². The van der Waals surface area contributed by atoms with E-state index in [1.165, 1.54) is 47.3 Å². The maximum Gasteiger partial charge on any atom is 0.450 e. The number of thiazole rings is 2. The van der Waals surface area contributed by atoms with Crippen LogP contribution >= 0.6 is 57.1 Å². The van der Waals surface area contributed by atoms with Crippen molar-refractivity contribution in [1.82, 2.24) is 9.97 Å². The van der Waals surface area contributed by atoms with Crippen LogP contribution < -0.4 is 0 Å². The molecule has 6 heterocycles.